The highest BCUT2D eigenvalue weighted by Crippen LogP contribution is 2.22. The van der Waals surface area contributed by atoms with Crippen LogP contribution in [0.15, 0.2) is 18.3 Å². The highest BCUT2D eigenvalue weighted by atomic mass is 16.4. The van der Waals surface area contributed by atoms with Gasteiger partial charge in [0.05, 0.1) is 5.60 Å². The molecule has 0 aromatic carbocycles. The second-order valence-corrected chi connectivity index (χ2v) is 5.24. The topological polar surface area (TPSA) is 82.8 Å². The van der Waals surface area contributed by atoms with Crippen LogP contribution in [0.1, 0.15) is 30.3 Å². The van der Waals surface area contributed by atoms with E-state index in [-0.39, 0.29) is 19.0 Å². The van der Waals surface area contributed by atoms with Crippen molar-refractivity contribution in [3.63, 3.8) is 0 Å². The van der Waals surface area contributed by atoms with Crippen molar-refractivity contribution in [3.05, 3.63) is 24.0 Å². The molecule has 2 rings (SSSR count). The Bertz CT molecular complexity index is 493. The molecular weight excluding hydrogens is 248 g/mol. The number of aromatic nitrogens is 1. The monoisotopic (exact) mass is 266 g/mol. The SMILES string of the molecule is CC1(O)CCCN(C(=O)c2cccn2CC(=O)O)C1. The molecule has 2 N–H and O–H groups in total. The summed E-state index contributed by atoms with van der Waals surface area (Å²) in [5, 5.41) is 18.8. The fraction of sp³-hybridized carbons (Fsp3) is 0.538. The van der Waals surface area contributed by atoms with E-state index < -0.39 is 11.6 Å². The highest BCUT2D eigenvalue weighted by molar-refractivity contribution is 5.93. The zero-order chi connectivity index (χ0) is 14.0. The predicted octanol–water partition coefficient (Wildman–Crippen LogP) is 0.560. The lowest BCUT2D eigenvalue weighted by Gasteiger charge is -2.36. The van der Waals surface area contributed by atoms with E-state index in [1.54, 1.807) is 30.2 Å². The minimum absolute atomic E-state index is 0.230. The van der Waals surface area contributed by atoms with E-state index in [1.807, 2.05) is 0 Å². The molecule has 1 amide bonds. The zero-order valence-electron chi connectivity index (χ0n) is 10.9. The standard InChI is InChI=1S/C13H18N2O4/c1-13(19)5-3-7-15(9-13)12(18)10-4-2-6-14(10)8-11(16)17/h2,4,6,19H,3,5,7-9H2,1H3,(H,16,17). The number of carbonyl (C=O) groups is 2. The fourth-order valence-electron chi connectivity index (χ4n) is 2.45. The maximum absolute atomic E-state index is 12.4. The zero-order valence-corrected chi connectivity index (χ0v) is 10.9. The molecule has 6 nitrogen and oxygen atoms in total. The molecule has 1 atom stereocenters. The van der Waals surface area contributed by atoms with Crippen molar-refractivity contribution in [2.24, 2.45) is 0 Å². The van der Waals surface area contributed by atoms with Crippen LogP contribution >= 0.6 is 0 Å². The number of amides is 1. The van der Waals surface area contributed by atoms with Gasteiger partial charge in [0.15, 0.2) is 0 Å². The summed E-state index contributed by atoms with van der Waals surface area (Å²) < 4.78 is 1.41. The van der Waals surface area contributed by atoms with E-state index >= 15 is 0 Å². The van der Waals surface area contributed by atoms with Crippen molar-refractivity contribution in [2.75, 3.05) is 13.1 Å². The smallest absolute Gasteiger partial charge is 0.323 e. The summed E-state index contributed by atoms with van der Waals surface area (Å²) >= 11 is 0. The average molecular weight is 266 g/mol. The molecule has 1 aliphatic heterocycles. The van der Waals surface area contributed by atoms with Crippen molar-refractivity contribution < 1.29 is 19.8 Å². The Morgan fingerprint density at radius 2 is 2.21 bits per heavy atom. The number of hydrogen-bond acceptors (Lipinski definition) is 3. The molecule has 0 aliphatic carbocycles. The van der Waals surface area contributed by atoms with Gasteiger partial charge < -0.3 is 19.7 Å². The number of rotatable bonds is 3. The quantitative estimate of drug-likeness (QED) is 0.837. The molecule has 2 heterocycles. The van der Waals surface area contributed by atoms with Gasteiger partial charge in [0.2, 0.25) is 0 Å². The van der Waals surface area contributed by atoms with E-state index in [9.17, 15) is 14.7 Å². The van der Waals surface area contributed by atoms with Crippen LogP contribution in [0.25, 0.3) is 0 Å². The lowest BCUT2D eigenvalue weighted by molar-refractivity contribution is -0.137. The predicted molar refractivity (Wildman–Crippen MR) is 67.8 cm³/mol. The van der Waals surface area contributed by atoms with E-state index in [4.69, 9.17) is 5.11 Å². The van der Waals surface area contributed by atoms with Gasteiger partial charge in [0.1, 0.15) is 12.2 Å². The Kier molecular flexibility index (Phi) is 3.61. The molecule has 6 heteroatoms. The first-order valence-corrected chi connectivity index (χ1v) is 6.28. The summed E-state index contributed by atoms with van der Waals surface area (Å²) in [5.74, 6) is -1.22. The molecule has 0 radical (unpaired) electrons. The third kappa shape index (κ3) is 3.14. The van der Waals surface area contributed by atoms with Crippen LogP contribution < -0.4 is 0 Å². The van der Waals surface area contributed by atoms with Crippen LogP contribution in [0.5, 0.6) is 0 Å². The van der Waals surface area contributed by atoms with Crippen molar-refractivity contribution in [1.29, 1.82) is 0 Å². The molecule has 1 aromatic heterocycles. The van der Waals surface area contributed by atoms with E-state index in [2.05, 4.69) is 0 Å². The van der Waals surface area contributed by atoms with E-state index in [0.717, 1.165) is 6.42 Å². The van der Waals surface area contributed by atoms with Crippen LogP contribution in [0.2, 0.25) is 0 Å². The molecule has 0 bridgehead atoms. The van der Waals surface area contributed by atoms with Crippen molar-refractivity contribution in [2.45, 2.75) is 31.9 Å². The number of β-amino-alcohol motifs (C(OH)–C–C–N with tert-alkyl or cyclic N) is 1. The summed E-state index contributed by atoms with van der Waals surface area (Å²) in [7, 11) is 0. The number of carboxylic acids is 1. The summed E-state index contributed by atoms with van der Waals surface area (Å²) in [5.41, 5.74) is -0.516. The Morgan fingerprint density at radius 3 is 2.84 bits per heavy atom. The number of nitrogens with zero attached hydrogens (tertiary/aromatic N) is 2. The van der Waals surface area contributed by atoms with Crippen LogP contribution in [-0.2, 0) is 11.3 Å². The summed E-state index contributed by atoms with van der Waals surface area (Å²) in [4.78, 5) is 24.7. The molecule has 0 spiro atoms. The van der Waals surface area contributed by atoms with Crippen molar-refractivity contribution in [1.82, 2.24) is 9.47 Å². The third-order valence-corrected chi connectivity index (χ3v) is 3.32. The number of hydrogen-bond donors (Lipinski definition) is 2. The molecule has 1 aromatic rings. The summed E-state index contributed by atoms with van der Waals surface area (Å²) in [6.07, 6.45) is 2.99. The maximum atomic E-state index is 12.4. The maximum Gasteiger partial charge on any atom is 0.323 e. The second kappa shape index (κ2) is 5.05. The highest BCUT2D eigenvalue weighted by Gasteiger charge is 2.32. The van der Waals surface area contributed by atoms with Crippen LogP contribution in [0.4, 0.5) is 0 Å². The van der Waals surface area contributed by atoms with Crippen LogP contribution in [0, 0.1) is 0 Å². The van der Waals surface area contributed by atoms with Gasteiger partial charge in [-0.2, -0.15) is 0 Å². The van der Waals surface area contributed by atoms with Gasteiger partial charge in [-0.3, -0.25) is 9.59 Å². The first-order chi connectivity index (χ1) is 8.89. The van der Waals surface area contributed by atoms with Crippen LogP contribution in [0.3, 0.4) is 0 Å². The molecule has 19 heavy (non-hydrogen) atoms. The van der Waals surface area contributed by atoms with Gasteiger partial charge >= 0.3 is 5.97 Å². The summed E-state index contributed by atoms with van der Waals surface area (Å²) in [6, 6.07) is 3.26. The van der Waals surface area contributed by atoms with Gasteiger partial charge in [-0.05, 0) is 31.9 Å². The van der Waals surface area contributed by atoms with Gasteiger partial charge in [0, 0.05) is 19.3 Å². The van der Waals surface area contributed by atoms with Crippen molar-refractivity contribution >= 4 is 11.9 Å². The first-order valence-electron chi connectivity index (χ1n) is 6.28. The minimum atomic E-state index is -0.990. The normalized spacial score (nSPS) is 23.4. The number of carboxylic acid groups (broad SMARTS) is 1. The third-order valence-electron chi connectivity index (χ3n) is 3.32. The molecule has 1 aliphatic rings. The number of aliphatic hydroxyl groups is 1. The second-order valence-electron chi connectivity index (χ2n) is 5.24. The Labute approximate surface area is 111 Å². The van der Waals surface area contributed by atoms with Gasteiger partial charge in [-0.15, -0.1) is 0 Å². The van der Waals surface area contributed by atoms with Gasteiger partial charge in [0.25, 0.3) is 5.91 Å². The van der Waals surface area contributed by atoms with Gasteiger partial charge in [-0.1, -0.05) is 0 Å². The molecule has 1 saturated heterocycles. The van der Waals surface area contributed by atoms with Crippen molar-refractivity contribution in [3.8, 4) is 0 Å². The Balaban J connectivity index is 2.15. The van der Waals surface area contributed by atoms with E-state index in [0.29, 0.717) is 18.7 Å². The molecule has 1 fully saturated rings. The number of likely N-dealkylation sites (tertiary alicyclic amines) is 1. The fourth-order valence-corrected chi connectivity index (χ4v) is 2.45. The number of aliphatic carboxylic acids is 1. The lowest BCUT2D eigenvalue weighted by Crippen LogP contribution is -2.49. The van der Waals surface area contributed by atoms with E-state index in [1.165, 1.54) is 4.57 Å². The largest absolute Gasteiger partial charge is 0.480 e. The van der Waals surface area contributed by atoms with Gasteiger partial charge in [-0.25, -0.2) is 0 Å². The minimum Gasteiger partial charge on any atom is -0.480 e. The molecule has 0 saturated carbocycles. The Hall–Kier alpha value is -1.82. The lowest BCUT2D eigenvalue weighted by atomic mass is 9.95. The molecule has 1 unspecified atom stereocenters. The Morgan fingerprint density at radius 1 is 1.47 bits per heavy atom. The number of carbonyl (C=O) groups excluding carboxylic acids is 1. The average Bonchev–Trinajstić information content (AvgIpc) is 2.74. The first kappa shape index (κ1) is 13.6. The molecular formula is C13H18N2O4. The molecule has 104 valence electrons. The number of piperidine rings is 1. The van der Waals surface area contributed by atoms with Crippen LogP contribution in [-0.4, -0.2) is 50.2 Å². The summed E-state index contributed by atoms with van der Waals surface area (Å²) in [6.45, 7) is 2.35.